The van der Waals surface area contributed by atoms with E-state index in [0.717, 1.165) is 9.36 Å². The molecular weight excluding hydrogens is 253 g/mol. The molecule has 0 unspecified atom stereocenters. The van der Waals surface area contributed by atoms with Crippen LogP contribution in [0.2, 0.25) is 0 Å². The van der Waals surface area contributed by atoms with Crippen molar-refractivity contribution in [3.05, 3.63) is 20.5 Å². The van der Waals surface area contributed by atoms with Gasteiger partial charge in [-0.1, -0.05) is 0 Å². The molecule has 0 bridgehead atoms. The van der Waals surface area contributed by atoms with Gasteiger partial charge in [0.1, 0.15) is 4.47 Å². The standard InChI is InChI=1S/C6H6BrF3N2O/c1-11-4(6(8,9)10)3(7)5(13)12(11)2/h1-2H3. The first-order valence-corrected chi connectivity index (χ1v) is 4.04. The van der Waals surface area contributed by atoms with Crippen LogP contribution in [0.1, 0.15) is 5.69 Å². The van der Waals surface area contributed by atoms with E-state index in [-0.39, 0.29) is 0 Å². The zero-order chi connectivity index (χ0) is 10.4. The predicted molar refractivity (Wildman–Crippen MR) is 43.4 cm³/mol. The van der Waals surface area contributed by atoms with Gasteiger partial charge in [0.25, 0.3) is 5.56 Å². The van der Waals surface area contributed by atoms with E-state index >= 15 is 0 Å². The van der Waals surface area contributed by atoms with Gasteiger partial charge in [-0.25, -0.2) is 0 Å². The van der Waals surface area contributed by atoms with Gasteiger partial charge in [0, 0.05) is 14.1 Å². The molecule has 1 aromatic rings. The Hall–Kier alpha value is -0.720. The summed E-state index contributed by atoms with van der Waals surface area (Å²) in [4.78, 5) is 11.1. The molecule has 0 aliphatic heterocycles. The maximum absolute atomic E-state index is 12.3. The fraction of sp³-hybridized carbons (Fsp3) is 0.500. The summed E-state index contributed by atoms with van der Waals surface area (Å²) >= 11 is 2.61. The molecule has 0 fully saturated rings. The van der Waals surface area contributed by atoms with E-state index < -0.39 is 21.9 Å². The summed E-state index contributed by atoms with van der Waals surface area (Å²) in [7, 11) is 2.44. The fourth-order valence-electron chi connectivity index (χ4n) is 0.980. The van der Waals surface area contributed by atoms with Crippen molar-refractivity contribution in [1.82, 2.24) is 9.36 Å². The van der Waals surface area contributed by atoms with Crippen LogP contribution < -0.4 is 5.56 Å². The largest absolute Gasteiger partial charge is 0.434 e. The summed E-state index contributed by atoms with van der Waals surface area (Å²) in [6, 6.07) is 0. The highest BCUT2D eigenvalue weighted by molar-refractivity contribution is 9.10. The zero-order valence-corrected chi connectivity index (χ0v) is 8.40. The lowest BCUT2D eigenvalue weighted by atomic mass is 10.4. The molecule has 0 atom stereocenters. The van der Waals surface area contributed by atoms with Crippen LogP contribution in [0.15, 0.2) is 9.27 Å². The molecule has 0 saturated heterocycles. The van der Waals surface area contributed by atoms with Crippen molar-refractivity contribution in [2.45, 2.75) is 6.18 Å². The van der Waals surface area contributed by atoms with Gasteiger partial charge in [-0.15, -0.1) is 0 Å². The molecule has 1 aromatic heterocycles. The Bertz CT molecular complexity index is 390. The third-order valence-electron chi connectivity index (χ3n) is 1.73. The fourth-order valence-corrected chi connectivity index (χ4v) is 1.72. The molecule has 0 aliphatic rings. The molecule has 0 saturated carbocycles. The van der Waals surface area contributed by atoms with Gasteiger partial charge in [0.05, 0.1) is 0 Å². The van der Waals surface area contributed by atoms with Gasteiger partial charge in [0.2, 0.25) is 0 Å². The number of hydrogen-bond acceptors (Lipinski definition) is 1. The number of rotatable bonds is 0. The van der Waals surface area contributed by atoms with Gasteiger partial charge in [-0.3, -0.25) is 14.2 Å². The van der Waals surface area contributed by atoms with Crippen LogP contribution in [0, 0.1) is 0 Å². The third kappa shape index (κ3) is 1.52. The maximum atomic E-state index is 12.3. The van der Waals surface area contributed by atoms with Gasteiger partial charge in [-0.2, -0.15) is 13.2 Å². The van der Waals surface area contributed by atoms with E-state index in [1.807, 2.05) is 0 Å². The number of nitrogens with zero attached hydrogens (tertiary/aromatic N) is 2. The monoisotopic (exact) mass is 258 g/mol. The van der Waals surface area contributed by atoms with Crippen LogP contribution in [-0.4, -0.2) is 9.36 Å². The van der Waals surface area contributed by atoms with E-state index in [4.69, 9.17) is 0 Å². The van der Waals surface area contributed by atoms with E-state index in [9.17, 15) is 18.0 Å². The van der Waals surface area contributed by atoms with Gasteiger partial charge < -0.3 is 0 Å². The Kier molecular flexibility index (Phi) is 2.31. The minimum absolute atomic E-state index is 0.454. The highest BCUT2D eigenvalue weighted by Crippen LogP contribution is 2.32. The Morgan fingerprint density at radius 2 is 1.69 bits per heavy atom. The first-order chi connectivity index (χ1) is 5.76. The van der Waals surface area contributed by atoms with E-state index in [2.05, 4.69) is 15.9 Å². The molecule has 0 amide bonds. The Morgan fingerprint density at radius 1 is 1.23 bits per heavy atom. The van der Waals surface area contributed by atoms with Crippen molar-refractivity contribution in [2.24, 2.45) is 14.1 Å². The van der Waals surface area contributed by atoms with Crippen LogP contribution in [0.3, 0.4) is 0 Å². The number of hydrogen-bond donors (Lipinski definition) is 0. The number of alkyl halides is 3. The quantitative estimate of drug-likeness (QED) is 0.693. The maximum Gasteiger partial charge on any atom is 0.434 e. The van der Waals surface area contributed by atoms with Crippen molar-refractivity contribution < 1.29 is 13.2 Å². The molecule has 7 heteroatoms. The highest BCUT2D eigenvalue weighted by Gasteiger charge is 2.38. The second-order valence-electron chi connectivity index (χ2n) is 2.51. The van der Waals surface area contributed by atoms with Crippen molar-refractivity contribution in [3.8, 4) is 0 Å². The lowest BCUT2D eigenvalue weighted by Crippen LogP contribution is -2.19. The van der Waals surface area contributed by atoms with E-state index in [1.165, 1.54) is 14.1 Å². The average Bonchev–Trinajstić information content (AvgIpc) is 2.14. The van der Waals surface area contributed by atoms with Crippen molar-refractivity contribution in [3.63, 3.8) is 0 Å². The molecule has 0 aromatic carbocycles. The summed E-state index contributed by atoms with van der Waals surface area (Å²) in [5.74, 6) is 0. The van der Waals surface area contributed by atoms with Gasteiger partial charge in [-0.05, 0) is 15.9 Å². The number of halogens is 4. The zero-order valence-electron chi connectivity index (χ0n) is 6.81. The lowest BCUT2D eigenvalue weighted by molar-refractivity contribution is -0.144. The van der Waals surface area contributed by atoms with Crippen LogP contribution in [0.5, 0.6) is 0 Å². The summed E-state index contributed by atoms with van der Waals surface area (Å²) in [5, 5.41) is 0. The normalized spacial score (nSPS) is 12.2. The Balaban J connectivity index is 3.57. The molecule has 3 nitrogen and oxygen atoms in total. The average molecular weight is 259 g/mol. The second kappa shape index (κ2) is 2.90. The molecular formula is C6H6BrF3N2O. The topological polar surface area (TPSA) is 26.9 Å². The molecule has 13 heavy (non-hydrogen) atoms. The lowest BCUT2D eigenvalue weighted by Gasteiger charge is -2.08. The first-order valence-electron chi connectivity index (χ1n) is 3.25. The van der Waals surface area contributed by atoms with Crippen molar-refractivity contribution in [1.29, 1.82) is 0 Å². The summed E-state index contributed by atoms with van der Waals surface area (Å²) in [6.45, 7) is 0. The van der Waals surface area contributed by atoms with E-state index in [0.29, 0.717) is 0 Å². The van der Waals surface area contributed by atoms with E-state index in [1.54, 1.807) is 0 Å². The summed E-state index contributed by atoms with van der Waals surface area (Å²) in [5.41, 5.74) is -1.67. The minimum Gasteiger partial charge on any atom is -0.280 e. The van der Waals surface area contributed by atoms with Crippen molar-refractivity contribution >= 4 is 15.9 Å². The second-order valence-corrected chi connectivity index (χ2v) is 3.31. The molecule has 0 radical (unpaired) electrons. The third-order valence-corrected chi connectivity index (χ3v) is 2.45. The molecule has 0 aliphatic carbocycles. The van der Waals surface area contributed by atoms with Crippen LogP contribution in [0.25, 0.3) is 0 Å². The predicted octanol–water partition coefficient (Wildman–Crippen LogP) is 1.51. The molecule has 74 valence electrons. The highest BCUT2D eigenvalue weighted by atomic mass is 79.9. The van der Waals surface area contributed by atoms with Crippen molar-refractivity contribution in [2.75, 3.05) is 0 Å². The minimum atomic E-state index is -4.52. The smallest absolute Gasteiger partial charge is 0.280 e. The van der Waals surface area contributed by atoms with Crippen LogP contribution in [0.4, 0.5) is 13.2 Å². The Labute approximate surface area is 79.9 Å². The molecule has 0 N–H and O–H groups in total. The Morgan fingerprint density at radius 3 is 1.85 bits per heavy atom. The first kappa shape index (κ1) is 10.4. The summed E-state index contributed by atoms with van der Waals surface area (Å²) < 4.78 is 38.1. The molecule has 0 spiro atoms. The molecule has 1 heterocycles. The van der Waals surface area contributed by atoms with Crippen LogP contribution in [-0.2, 0) is 20.3 Å². The molecule has 1 rings (SSSR count). The summed E-state index contributed by atoms with van der Waals surface area (Å²) in [6.07, 6.45) is -4.52. The van der Waals surface area contributed by atoms with Gasteiger partial charge >= 0.3 is 6.18 Å². The number of aromatic nitrogens is 2. The SMILES string of the molecule is Cn1c(C(F)(F)F)c(Br)c(=O)n1C. The van der Waals surface area contributed by atoms with Crippen LogP contribution >= 0.6 is 15.9 Å². The van der Waals surface area contributed by atoms with Gasteiger partial charge in [0.15, 0.2) is 5.69 Å².